The fraction of sp³-hybridized carbons (Fsp3) is 0.545. The van der Waals surface area contributed by atoms with Crippen LogP contribution >= 0.6 is 0 Å². The molecule has 1 aliphatic rings. The van der Waals surface area contributed by atoms with Crippen molar-refractivity contribution in [2.75, 3.05) is 5.32 Å². The molecule has 17 heavy (non-hydrogen) atoms. The van der Waals surface area contributed by atoms with Gasteiger partial charge in [0.1, 0.15) is 17.2 Å². The number of nitrogens with zero attached hydrogens (tertiary/aromatic N) is 1. The van der Waals surface area contributed by atoms with Crippen molar-refractivity contribution < 1.29 is 9.90 Å². The molecule has 1 aromatic heterocycles. The Morgan fingerprint density at radius 1 is 1.65 bits per heavy atom. The highest BCUT2D eigenvalue weighted by atomic mass is 16.4. The number of aliphatic carboxylic acids is 1. The largest absolute Gasteiger partial charge is 0.480 e. The van der Waals surface area contributed by atoms with Gasteiger partial charge in [-0.15, -0.1) is 0 Å². The van der Waals surface area contributed by atoms with E-state index >= 15 is 0 Å². The van der Waals surface area contributed by atoms with Crippen molar-refractivity contribution in [2.45, 2.75) is 38.1 Å². The van der Waals surface area contributed by atoms with Crippen LogP contribution < -0.4 is 10.9 Å². The minimum Gasteiger partial charge on any atom is -0.480 e. The maximum Gasteiger partial charge on any atom is 0.329 e. The third-order valence-electron chi connectivity index (χ3n) is 3.11. The average Bonchev–Trinajstić information content (AvgIpc) is 2.22. The Morgan fingerprint density at radius 3 is 2.82 bits per heavy atom. The molecule has 92 valence electrons. The number of aromatic amines is 1. The molecule has 6 heteroatoms. The number of H-pyrrole nitrogens is 1. The summed E-state index contributed by atoms with van der Waals surface area (Å²) in [5.41, 5.74) is -1.20. The number of carbonyl (C=O) groups is 1. The van der Waals surface area contributed by atoms with Gasteiger partial charge in [0.15, 0.2) is 0 Å². The summed E-state index contributed by atoms with van der Waals surface area (Å²) in [5.74, 6) is 0.0106. The van der Waals surface area contributed by atoms with Crippen molar-refractivity contribution in [1.29, 1.82) is 0 Å². The van der Waals surface area contributed by atoms with Crippen molar-refractivity contribution >= 4 is 11.8 Å². The fourth-order valence-corrected chi connectivity index (χ4v) is 1.91. The maximum absolute atomic E-state index is 11.3. The Balaban J connectivity index is 2.26. The molecule has 0 saturated heterocycles. The lowest BCUT2D eigenvalue weighted by Crippen LogP contribution is -2.52. The normalized spacial score (nSPS) is 17.2. The number of nitrogens with one attached hydrogen (secondary N) is 2. The topological polar surface area (TPSA) is 95.1 Å². The Labute approximate surface area is 98.1 Å². The number of rotatable bonds is 4. The van der Waals surface area contributed by atoms with Crippen LogP contribution in [0.4, 0.5) is 5.82 Å². The minimum absolute atomic E-state index is 0.265. The smallest absolute Gasteiger partial charge is 0.329 e. The molecule has 0 aliphatic heterocycles. The first-order valence-corrected chi connectivity index (χ1v) is 5.67. The van der Waals surface area contributed by atoms with Crippen LogP contribution in [0.25, 0.3) is 0 Å². The van der Waals surface area contributed by atoms with Gasteiger partial charge in [-0.25, -0.2) is 9.78 Å². The van der Waals surface area contributed by atoms with Crippen LogP contribution in [0, 0.1) is 0 Å². The predicted molar refractivity (Wildman–Crippen MR) is 62.1 cm³/mol. The molecule has 1 aromatic rings. The van der Waals surface area contributed by atoms with Crippen LogP contribution in [0.5, 0.6) is 0 Å². The van der Waals surface area contributed by atoms with Crippen molar-refractivity contribution in [2.24, 2.45) is 0 Å². The van der Waals surface area contributed by atoms with Crippen molar-refractivity contribution in [3.8, 4) is 0 Å². The van der Waals surface area contributed by atoms with Crippen LogP contribution in [-0.2, 0) is 11.2 Å². The number of anilines is 1. The van der Waals surface area contributed by atoms with E-state index in [1.807, 2.05) is 6.92 Å². The molecule has 0 amide bonds. The van der Waals surface area contributed by atoms with Gasteiger partial charge < -0.3 is 15.4 Å². The molecule has 2 rings (SSSR count). The molecular formula is C11H15N3O3. The molecule has 6 nitrogen and oxygen atoms in total. The van der Waals surface area contributed by atoms with Gasteiger partial charge in [0, 0.05) is 12.5 Å². The molecular weight excluding hydrogens is 222 g/mol. The summed E-state index contributed by atoms with van der Waals surface area (Å²) in [5, 5.41) is 12.0. The fourth-order valence-electron chi connectivity index (χ4n) is 1.91. The molecule has 0 bridgehead atoms. The van der Waals surface area contributed by atoms with Crippen LogP contribution in [0.15, 0.2) is 10.9 Å². The Morgan fingerprint density at radius 2 is 2.35 bits per heavy atom. The molecule has 1 fully saturated rings. The number of hydrogen-bond acceptors (Lipinski definition) is 4. The van der Waals surface area contributed by atoms with E-state index in [0.717, 1.165) is 6.42 Å². The van der Waals surface area contributed by atoms with Gasteiger partial charge in [-0.3, -0.25) is 4.79 Å². The zero-order chi connectivity index (χ0) is 12.5. The highest BCUT2D eigenvalue weighted by Gasteiger charge is 2.44. The Bertz CT molecular complexity index is 491. The first kappa shape index (κ1) is 11.6. The van der Waals surface area contributed by atoms with Gasteiger partial charge in [-0.2, -0.15) is 0 Å². The third kappa shape index (κ3) is 2.15. The standard InChI is InChI=1S/C11H15N3O3/c1-2-7-12-8(6-9(15)13-7)14-11(10(16)17)4-3-5-11/h6H,2-5H2,1H3,(H,16,17)(H2,12,13,14,15). The monoisotopic (exact) mass is 237 g/mol. The molecule has 1 aliphatic carbocycles. The maximum atomic E-state index is 11.3. The van der Waals surface area contributed by atoms with Crippen LogP contribution in [0.3, 0.4) is 0 Å². The molecule has 0 radical (unpaired) electrons. The lowest BCUT2D eigenvalue weighted by atomic mass is 9.77. The number of carboxylic acid groups (broad SMARTS) is 1. The zero-order valence-electron chi connectivity index (χ0n) is 9.62. The van der Waals surface area contributed by atoms with Crippen LogP contribution in [0.1, 0.15) is 32.0 Å². The van der Waals surface area contributed by atoms with E-state index in [9.17, 15) is 9.59 Å². The van der Waals surface area contributed by atoms with Gasteiger partial charge in [-0.1, -0.05) is 6.92 Å². The van der Waals surface area contributed by atoms with Crippen LogP contribution in [-0.4, -0.2) is 26.6 Å². The van der Waals surface area contributed by atoms with E-state index in [0.29, 0.717) is 30.9 Å². The number of carboxylic acids is 1. The van der Waals surface area contributed by atoms with E-state index in [-0.39, 0.29) is 5.56 Å². The SMILES string of the molecule is CCc1nc(NC2(C(=O)O)CCC2)cc(=O)[nH]1. The number of hydrogen-bond donors (Lipinski definition) is 3. The summed E-state index contributed by atoms with van der Waals surface area (Å²) in [7, 11) is 0. The van der Waals surface area contributed by atoms with E-state index in [2.05, 4.69) is 15.3 Å². The van der Waals surface area contributed by atoms with E-state index in [1.165, 1.54) is 6.07 Å². The average molecular weight is 237 g/mol. The van der Waals surface area contributed by atoms with Gasteiger partial charge in [0.05, 0.1) is 0 Å². The highest BCUT2D eigenvalue weighted by Crippen LogP contribution is 2.34. The lowest BCUT2D eigenvalue weighted by Gasteiger charge is -2.38. The molecule has 0 spiro atoms. The minimum atomic E-state index is -0.939. The zero-order valence-corrected chi connectivity index (χ0v) is 9.62. The summed E-state index contributed by atoms with van der Waals surface area (Å²) < 4.78 is 0. The second-order valence-electron chi connectivity index (χ2n) is 4.30. The second kappa shape index (κ2) is 4.20. The Kier molecular flexibility index (Phi) is 2.87. The molecule has 0 unspecified atom stereocenters. The number of aromatic nitrogens is 2. The molecule has 1 saturated carbocycles. The summed E-state index contributed by atoms with van der Waals surface area (Å²) >= 11 is 0. The van der Waals surface area contributed by atoms with Gasteiger partial charge in [0.25, 0.3) is 5.56 Å². The van der Waals surface area contributed by atoms with E-state index in [4.69, 9.17) is 5.11 Å². The van der Waals surface area contributed by atoms with E-state index in [1.54, 1.807) is 0 Å². The quantitative estimate of drug-likeness (QED) is 0.718. The van der Waals surface area contributed by atoms with E-state index < -0.39 is 11.5 Å². The summed E-state index contributed by atoms with van der Waals surface area (Å²) in [6.45, 7) is 1.87. The predicted octanol–water partition coefficient (Wildman–Crippen LogP) is 0.751. The first-order valence-electron chi connectivity index (χ1n) is 5.67. The highest BCUT2D eigenvalue weighted by molar-refractivity contribution is 5.83. The lowest BCUT2D eigenvalue weighted by molar-refractivity contribution is -0.145. The first-order chi connectivity index (χ1) is 8.05. The summed E-state index contributed by atoms with van der Waals surface area (Å²) in [6, 6.07) is 1.29. The molecule has 3 N–H and O–H groups in total. The van der Waals surface area contributed by atoms with Crippen molar-refractivity contribution in [3.63, 3.8) is 0 Å². The van der Waals surface area contributed by atoms with Crippen molar-refractivity contribution in [1.82, 2.24) is 9.97 Å². The third-order valence-corrected chi connectivity index (χ3v) is 3.11. The second-order valence-corrected chi connectivity index (χ2v) is 4.30. The number of aryl methyl sites for hydroxylation is 1. The summed E-state index contributed by atoms with van der Waals surface area (Å²) in [6.07, 6.45) is 2.62. The molecule has 0 aromatic carbocycles. The summed E-state index contributed by atoms with van der Waals surface area (Å²) in [4.78, 5) is 29.3. The van der Waals surface area contributed by atoms with Gasteiger partial charge in [-0.05, 0) is 19.3 Å². The van der Waals surface area contributed by atoms with Gasteiger partial charge >= 0.3 is 5.97 Å². The molecule has 0 atom stereocenters. The van der Waals surface area contributed by atoms with Crippen molar-refractivity contribution in [3.05, 3.63) is 22.2 Å². The van der Waals surface area contributed by atoms with Gasteiger partial charge in [0.2, 0.25) is 0 Å². The van der Waals surface area contributed by atoms with Crippen LogP contribution in [0.2, 0.25) is 0 Å². The molecule has 1 heterocycles. The Hall–Kier alpha value is -1.85.